The molecule has 2 aromatic carbocycles. The third-order valence-corrected chi connectivity index (χ3v) is 4.28. The Hall–Kier alpha value is -2.53. The molecule has 0 radical (unpaired) electrons. The van der Waals surface area contributed by atoms with Crippen molar-refractivity contribution in [1.82, 2.24) is 10.2 Å². The summed E-state index contributed by atoms with van der Waals surface area (Å²) in [6.45, 7) is 2.11. The first kappa shape index (κ1) is 16.3. The van der Waals surface area contributed by atoms with Crippen LogP contribution < -0.4 is 10.1 Å². The zero-order valence-electron chi connectivity index (χ0n) is 13.2. The summed E-state index contributed by atoms with van der Waals surface area (Å²) in [4.78, 5) is 26.1. The summed E-state index contributed by atoms with van der Waals surface area (Å²) in [5.41, 5.74) is -0.397. The summed E-state index contributed by atoms with van der Waals surface area (Å²) in [5, 5.41) is 3.33. The molecule has 5 nitrogen and oxygen atoms in total. The number of nitrogens with zero attached hydrogens (tertiary/aromatic N) is 1. The molecule has 3 amide bonds. The maximum atomic E-state index is 12.7. The molecule has 1 aliphatic heterocycles. The van der Waals surface area contributed by atoms with Crippen LogP contribution in [-0.2, 0) is 10.3 Å². The van der Waals surface area contributed by atoms with Crippen LogP contribution >= 0.6 is 11.6 Å². The van der Waals surface area contributed by atoms with Crippen LogP contribution in [0.4, 0.5) is 4.79 Å². The minimum absolute atomic E-state index is 0.183. The number of urea groups is 1. The molecule has 24 heavy (non-hydrogen) atoms. The number of nitrogens with one attached hydrogen (secondary N) is 1. The zero-order valence-corrected chi connectivity index (χ0v) is 13.9. The van der Waals surface area contributed by atoms with Crippen LogP contribution in [0.25, 0.3) is 0 Å². The minimum atomic E-state index is -1.09. The van der Waals surface area contributed by atoms with Gasteiger partial charge < -0.3 is 10.1 Å². The first-order valence-corrected chi connectivity index (χ1v) is 7.96. The van der Waals surface area contributed by atoms with Crippen molar-refractivity contribution >= 4 is 23.5 Å². The van der Waals surface area contributed by atoms with Crippen molar-refractivity contribution < 1.29 is 14.3 Å². The molecule has 1 atom stereocenters. The van der Waals surface area contributed by atoms with Crippen molar-refractivity contribution in [3.8, 4) is 5.75 Å². The second-order valence-electron chi connectivity index (χ2n) is 5.68. The number of ether oxygens (including phenoxy) is 1. The number of imide groups is 1. The Morgan fingerprint density at radius 3 is 2.42 bits per heavy atom. The fourth-order valence-electron chi connectivity index (χ4n) is 2.65. The van der Waals surface area contributed by atoms with Crippen molar-refractivity contribution in [3.63, 3.8) is 0 Å². The smallest absolute Gasteiger partial charge is 0.325 e. The number of hydrogen-bond donors (Lipinski definition) is 1. The van der Waals surface area contributed by atoms with Gasteiger partial charge in [0.2, 0.25) is 0 Å². The number of halogens is 1. The molecule has 2 aromatic rings. The molecule has 1 fully saturated rings. The van der Waals surface area contributed by atoms with Crippen molar-refractivity contribution in [3.05, 3.63) is 65.2 Å². The fourth-order valence-corrected chi connectivity index (χ4v) is 2.78. The summed E-state index contributed by atoms with van der Waals surface area (Å²) < 4.78 is 5.56. The molecular formula is C18H17ClN2O3. The summed E-state index contributed by atoms with van der Waals surface area (Å²) in [7, 11) is 0. The number of carbonyl (C=O) groups is 2. The Balaban J connectivity index is 1.68. The monoisotopic (exact) mass is 344 g/mol. The molecule has 1 saturated heterocycles. The van der Waals surface area contributed by atoms with Gasteiger partial charge in [-0.15, -0.1) is 0 Å². The predicted molar refractivity (Wildman–Crippen MR) is 91.0 cm³/mol. The van der Waals surface area contributed by atoms with Gasteiger partial charge in [-0.1, -0.05) is 41.9 Å². The Morgan fingerprint density at radius 2 is 1.75 bits per heavy atom. The minimum Gasteiger partial charge on any atom is -0.492 e. The van der Waals surface area contributed by atoms with Gasteiger partial charge in [-0.05, 0) is 36.8 Å². The van der Waals surface area contributed by atoms with Gasteiger partial charge in [0, 0.05) is 5.02 Å². The molecule has 0 saturated carbocycles. The lowest BCUT2D eigenvalue weighted by Crippen LogP contribution is -2.41. The first-order valence-electron chi connectivity index (χ1n) is 7.59. The van der Waals surface area contributed by atoms with Gasteiger partial charge in [0.25, 0.3) is 5.91 Å². The van der Waals surface area contributed by atoms with E-state index in [0.717, 1.165) is 0 Å². The molecule has 0 aromatic heterocycles. The topological polar surface area (TPSA) is 58.6 Å². The lowest BCUT2D eigenvalue weighted by atomic mass is 9.92. The summed E-state index contributed by atoms with van der Waals surface area (Å²) >= 11 is 5.89. The van der Waals surface area contributed by atoms with Crippen molar-refractivity contribution in [2.45, 2.75) is 12.5 Å². The average Bonchev–Trinajstić information content (AvgIpc) is 2.80. The number of benzene rings is 2. The number of carbonyl (C=O) groups excluding carboxylic acids is 2. The maximum Gasteiger partial charge on any atom is 0.325 e. The molecule has 124 valence electrons. The second kappa shape index (κ2) is 6.53. The second-order valence-corrected chi connectivity index (χ2v) is 6.12. The third-order valence-electron chi connectivity index (χ3n) is 4.02. The van der Waals surface area contributed by atoms with Gasteiger partial charge >= 0.3 is 6.03 Å². The van der Waals surface area contributed by atoms with Gasteiger partial charge in [-0.2, -0.15) is 0 Å². The lowest BCUT2D eigenvalue weighted by Gasteiger charge is -2.22. The van der Waals surface area contributed by atoms with Crippen LogP contribution in [-0.4, -0.2) is 30.0 Å². The van der Waals surface area contributed by atoms with E-state index >= 15 is 0 Å². The summed E-state index contributed by atoms with van der Waals surface area (Å²) in [5.74, 6) is 0.400. The van der Waals surface area contributed by atoms with Crippen molar-refractivity contribution in [1.29, 1.82) is 0 Å². The maximum absolute atomic E-state index is 12.7. The quantitative estimate of drug-likeness (QED) is 0.847. The number of amides is 3. The van der Waals surface area contributed by atoms with E-state index in [1.54, 1.807) is 31.2 Å². The SMILES string of the molecule is CC1(c2ccc(Cl)cc2)NC(=O)N(CCOc2ccccc2)C1=O. The molecule has 1 aliphatic rings. The van der Waals surface area contributed by atoms with Crippen LogP contribution in [0.2, 0.25) is 5.02 Å². The van der Waals surface area contributed by atoms with Crippen molar-refractivity contribution in [2.24, 2.45) is 0 Å². The molecular weight excluding hydrogens is 328 g/mol. The summed E-state index contributed by atoms with van der Waals surface area (Å²) in [6.07, 6.45) is 0. The Labute approximate surface area is 145 Å². The highest BCUT2D eigenvalue weighted by Crippen LogP contribution is 2.29. The van der Waals surface area contributed by atoms with E-state index in [2.05, 4.69) is 5.32 Å². The number of rotatable bonds is 5. The lowest BCUT2D eigenvalue weighted by molar-refractivity contribution is -0.131. The highest BCUT2D eigenvalue weighted by molar-refractivity contribution is 6.30. The number of hydrogen-bond acceptors (Lipinski definition) is 3. The average molecular weight is 345 g/mol. The molecule has 6 heteroatoms. The zero-order chi connectivity index (χ0) is 17.2. The Morgan fingerprint density at radius 1 is 1.08 bits per heavy atom. The molecule has 0 aliphatic carbocycles. The molecule has 3 rings (SSSR count). The summed E-state index contributed by atoms with van der Waals surface area (Å²) in [6, 6.07) is 15.7. The van der Waals surface area contributed by atoms with Gasteiger partial charge in [0.1, 0.15) is 17.9 Å². The van der Waals surface area contributed by atoms with E-state index in [9.17, 15) is 9.59 Å². The van der Waals surface area contributed by atoms with Gasteiger partial charge in [0.05, 0.1) is 6.54 Å². The van der Waals surface area contributed by atoms with Crippen molar-refractivity contribution in [2.75, 3.05) is 13.2 Å². The van der Waals surface area contributed by atoms with Gasteiger partial charge in [-0.25, -0.2) is 4.79 Å². The van der Waals surface area contributed by atoms with Crippen LogP contribution in [0, 0.1) is 0 Å². The molecule has 1 N–H and O–H groups in total. The third kappa shape index (κ3) is 3.08. The molecule has 0 bridgehead atoms. The van der Waals surface area contributed by atoms with Gasteiger partial charge in [-0.3, -0.25) is 9.69 Å². The normalized spacial score (nSPS) is 20.2. The van der Waals surface area contributed by atoms with E-state index in [1.807, 2.05) is 30.3 Å². The van der Waals surface area contributed by atoms with E-state index in [-0.39, 0.29) is 19.1 Å². The van der Waals surface area contributed by atoms with E-state index in [0.29, 0.717) is 16.3 Å². The Kier molecular flexibility index (Phi) is 4.44. The fraction of sp³-hybridized carbons (Fsp3) is 0.222. The Bertz CT molecular complexity index is 749. The van der Waals surface area contributed by atoms with E-state index < -0.39 is 11.6 Å². The molecule has 1 unspecified atom stereocenters. The number of para-hydroxylation sites is 1. The first-order chi connectivity index (χ1) is 11.5. The largest absolute Gasteiger partial charge is 0.492 e. The predicted octanol–water partition coefficient (Wildman–Crippen LogP) is 3.19. The molecule has 1 heterocycles. The molecule has 0 spiro atoms. The highest BCUT2D eigenvalue weighted by Gasteiger charge is 2.48. The van der Waals surface area contributed by atoms with E-state index in [1.165, 1.54) is 4.90 Å². The van der Waals surface area contributed by atoms with Crippen LogP contribution in [0.15, 0.2) is 54.6 Å². The highest BCUT2D eigenvalue weighted by atomic mass is 35.5. The van der Waals surface area contributed by atoms with Crippen LogP contribution in [0.3, 0.4) is 0 Å². The standard InChI is InChI=1S/C18H17ClN2O3/c1-18(13-7-9-14(19)10-8-13)16(22)21(17(23)20-18)11-12-24-15-5-3-2-4-6-15/h2-10H,11-12H2,1H3,(H,20,23). The van der Waals surface area contributed by atoms with Gasteiger partial charge in [0.15, 0.2) is 0 Å². The van der Waals surface area contributed by atoms with Crippen LogP contribution in [0.1, 0.15) is 12.5 Å². The van der Waals surface area contributed by atoms with E-state index in [4.69, 9.17) is 16.3 Å². The van der Waals surface area contributed by atoms with Crippen LogP contribution in [0.5, 0.6) is 5.75 Å².